The van der Waals surface area contributed by atoms with Crippen LogP contribution >= 0.6 is 0 Å². The van der Waals surface area contributed by atoms with Crippen molar-refractivity contribution < 1.29 is 9.72 Å². The number of azo groups is 1. The molecule has 0 saturated heterocycles. The van der Waals surface area contributed by atoms with E-state index >= 15 is 0 Å². The van der Waals surface area contributed by atoms with Crippen molar-refractivity contribution in [2.45, 2.75) is 0 Å². The van der Waals surface area contributed by atoms with Gasteiger partial charge in [-0.1, -0.05) is 30.3 Å². The highest BCUT2D eigenvalue weighted by atomic mass is 16.6. The lowest BCUT2D eigenvalue weighted by molar-refractivity contribution is -0.384. The minimum atomic E-state index is -0.543. The lowest BCUT2D eigenvalue weighted by Gasteiger charge is -2.01. The van der Waals surface area contributed by atoms with Crippen molar-refractivity contribution in [1.82, 2.24) is 0 Å². The highest BCUT2D eigenvalue weighted by Crippen LogP contribution is 2.26. The zero-order valence-corrected chi connectivity index (χ0v) is 11.0. The number of hydrogen-bond acceptors (Lipinski definition) is 5. The van der Waals surface area contributed by atoms with Gasteiger partial charge < -0.3 is 5.32 Å². The molecule has 0 aliphatic heterocycles. The minimum absolute atomic E-state index is 0.120. The number of hydrogen-bond donors (Lipinski definition) is 1. The third-order valence-corrected chi connectivity index (χ3v) is 2.53. The summed E-state index contributed by atoms with van der Waals surface area (Å²) in [5.41, 5.74) is 0.628. The Hall–Kier alpha value is -3.09. The standard InChI is InChI=1S/C14H12N4O3/c19-14(16-11-6-2-1-3-7-11)10-15-17-12-8-4-5-9-13(12)18(20)21/h1-9H,10H2,(H,16,19). The lowest BCUT2D eigenvalue weighted by atomic mass is 10.3. The normalized spacial score (nSPS) is 10.5. The monoisotopic (exact) mass is 284 g/mol. The van der Waals surface area contributed by atoms with Crippen LogP contribution in [0.1, 0.15) is 0 Å². The molecule has 21 heavy (non-hydrogen) atoms. The summed E-state index contributed by atoms with van der Waals surface area (Å²) >= 11 is 0. The number of nitro groups is 1. The smallest absolute Gasteiger partial charge is 0.296 e. The Balaban J connectivity index is 1.97. The molecule has 0 heterocycles. The second-order valence-corrected chi connectivity index (χ2v) is 4.06. The molecule has 0 spiro atoms. The average Bonchev–Trinajstić information content (AvgIpc) is 2.48. The number of nitrogens with zero attached hydrogens (tertiary/aromatic N) is 3. The predicted octanol–water partition coefficient (Wildman–Crippen LogP) is 3.32. The van der Waals surface area contributed by atoms with Gasteiger partial charge in [-0.15, -0.1) is 5.11 Å². The van der Waals surface area contributed by atoms with Crippen molar-refractivity contribution in [3.8, 4) is 0 Å². The first-order valence-electron chi connectivity index (χ1n) is 6.12. The molecule has 0 fully saturated rings. The Morgan fingerprint density at radius 2 is 1.76 bits per heavy atom. The van der Waals surface area contributed by atoms with E-state index in [1.807, 2.05) is 6.07 Å². The first-order valence-corrected chi connectivity index (χ1v) is 6.12. The fourth-order valence-electron chi connectivity index (χ4n) is 1.60. The van der Waals surface area contributed by atoms with Crippen molar-refractivity contribution >= 4 is 23.0 Å². The number of carbonyl (C=O) groups excluding carboxylic acids is 1. The van der Waals surface area contributed by atoms with Crippen LogP contribution in [0.5, 0.6) is 0 Å². The van der Waals surface area contributed by atoms with Crippen molar-refractivity contribution in [1.29, 1.82) is 0 Å². The topological polar surface area (TPSA) is 97.0 Å². The SMILES string of the molecule is O=C(CN=Nc1ccccc1[N+](=O)[O-])Nc1ccccc1. The summed E-state index contributed by atoms with van der Waals surface area (Å²) in [7, 11) is 0. The Bertz CT molecular complexity index is 671. The van der Waals surface area contributed by atoms with Gasteiger partial charge >= 0.3 is 0 Å². The number of nitrogens with one attached hydrogen (secondary N) is 1. The van der Waals surface area contributed by atoms with E-state index in [9.17, 15) is 14.9 Å². The van der Waals surface area contributed by atoms with Crippen LogP contribution in [0.2, 0.25) is 0 Å². The lowest BCUT2D eigenvalue weighted by Crippen LogP contribution is -2.14. The Kier molecular flexibility index (Phi) is 4.70. The van der Waals surface area contributed by atoms with E-state index in [2.05, 4.69) is 15.5 Å². The molecule has 2 rings (SSSR count). The van der Waals surface area contributed by atoms with Crippen molar-refractivity contribution in [2.24, 2.45) is 10.2 Å². The van der Waals surface area contributed by atoms with Gasteiger partial charge in [0.25, 0.3) is 5.69 Å². The molecule has 0 atom stereocenters. The number of rotatable bonds is 5. The molecule has 1 amide bonds. The zero-order chi connectivity index (χ0) is 15.1. The largest absolute Gasteiger partial charge is 0.324 e. The van der Waals surface area contributed by atoms with Crippen LogP contribution in [0, 0.1) is 10.1 Å². The molecule has 7 heteroatoms. The molecule has 0 saturated carbocycles. The first-order chi connectivity index (χ1) is 10.2. The van der Waals surface area contributed by atoms with Gasteiger partial charge in [0.2, 0.25) is 5.91 Å². The maximum absolute atomic E-state index is 11.6. The van der Waals surface area contributed by atoms with E-state index in [1.165, 1.54) is 12.1 Å². The molecule has 2 aromatic carbocycles. The Morgan fingerprint density at radius 3 is 2.48 bits per heavy atom. The second-order valence-electron chi connectivity index (χ2n) is 4.06. The number of para-hydroxylation sites is 2. The molecule has 0 unspecified atom stereocenters. The van der Waals surface area contributed by atoms with Gasteiger partial charge in [0.1, 0.15) is 6.54 Å². The third-order valence-electron chi connectivity index (χ3n) is 2.53. The summed E-state index contributed by atoms with van der Waals surface area (Å²) in [5, 5.41) is 20.8. The van der Waals surface area contributed by atoms with Crippen LogP contribution in [0.3, 0.4) is 0 Å². The molecule has 0 radical (unpaired) electrons. The van der Waals surface area contributed by atoms with Crippen LogP contribution < -0.4 is 5.32 Å². The number of anilines is 1. The predicted molar refractivity (Wildman–Crippen MR) is 77.6 cm³/mol. The van der Waals surface area contributed by atoms with E-state index in [0.717, 1.165) is 0 Å². The van der Waals surface area contributed by atoms with Gasteiger partial charge in [-0.25, -0.2) is 0 Å². The van der Waals surface area contributed by atoms with Crippen molar-refractivity contribution in [2.75, 3.05) is 11.9 Å². The molecule has 1 N–H and O–H groups in total. The first kappa shape index (κ1) is 14.3. The van der Waals surface area contributed by atoms with E-state index in [1.54, 1.807) is 36.4 Å². The maximum Gasteiger partial charge on any atom is 0.296 e. The van der Waals surface area contributed by atoms with E-state index in [4.69, 9.17) is 0 Å². The third kappa shape index (κ3) is 4.20. The Morgan fingerprint density at radius 1 is 1.10 bits per heavy atom. The summed E-state index contributed by atoms with van der Waals surface area (Å²) in [6.07, 6.45) is 0. The molecule has 2 aromatic rings. The van der Waals surface area contributed by atoms with Gasteiger partial charge in [-0.2, -0.15) is 5.11 Å². The molecule has 0 aliphatic rings. The van der Waals surface area contributed by atoms with E-state index in [-0.39, 0.29) is 23.8 Å². The number of nitro benzene ring substituents is 1. The highest BCUT2D eigenvalue weighted by molar-refractivity contribution is 5.92. The number of benzene rings is 2. The summed E-state index contributed by atoms with van der Waals surface area (Å²) in [6, 6.07) is 14.9. The fraction of sp³-hybridized carbons (Fsp3) is 0.0714. The van der Waals surface area contributed by atoms with Crippen LogP contribution in [0.15, 0.2) is 64.8 Å². The summed E-state index contributed by atoms with van der Waals surface area (Å²) < 4.78 is 0. The second kappa shape index (κ2) is 6.90. The van der Waals surface area contributed by atoms with Gasteiger partial charge in [-0.3, -0.25) is 14.9 Å². The Labute approximate surface area is 120 Å². The van der Waals surface area contributed by atoms with Gasteiger partial charge in [0.15, 0.2) is 5.69 Å². The van der Waals surface area contributed by atoms with Gasteiger partial charge in [0, 0.05) is 11.8 Å². The minimum Gasteiger partial charge on any atom is -0.324 e. The summed E-state index contributed by atoms with van der Waals surface area (Å²) in [6.45, 7) is -0.207. The van der Waals surface area contributed by atoms with E-state index < -0.39 is 4.92 Å². The fourth-order valence-corrected chi connectivity index (χ4v) is 1.60. The van der Waals surface area contributed by atoms with Crippen LogP contribution in [0.4, 0.5) is 17.1 Å². The van der Waals surface area contributed by atoms with Crippen LogP contribution in [-0.2, 0) is 4.79 Å². The van der Waals surface area contributed by atoms with Gasteiger partial charge in [0.05, 0.1) is 4.92 Å². The van der Waals surface area contributed by atoms with Crippen LogP contribution in [0.25, 0.3) is 0 Å². The average molecular weight is 284 g/mol. The molecule has 106 valence electrons. The van der Waals surface area contributed by atoms with Crippen molar-refractivity contribution in [3.05, 3.63) is 64.7 Å². The quantitative estimate of drug-likeness (QED) is 0.518. The summed E-state index contributed by atoms with van der Waals surface area (Å²) in [5.74, 6) is -0.344. The van der Waals surface area contributed by atoms with E-state index in [0.29, 0.717) is 5.69 Å². The summed E-state index contributed by atoms with van der Waals surface area (Å²) in [4.78, 5) is 21.9. The molecule has 0 bridgehead atoms. The van der Waals surface area contributed by atoms with Crippen LogP contribution in [-0.4, -0.2) is 17.4 Å². The zero-order valence-electron chi connectivity index (χ0n) is 11.0. The maximum atomic E-state index is 11.6. The highest BCUT2D eigenvalue weighted by Gasteiger charge is 2.11. The number of carbonyl (C=O) groups is 1. The molecule has 7 nitrogen and oxygen atoms in total. The van der Waals surface area contributed by atoms with Crippen molar-refractivity contribution in [3.63, 3.8) is 0 Å². The molecular formula is C14H12N4O3. The molecule has 0 aliphatic carbocycles. The molecular weight excluding hydrogens is 272 g/mol. The number of amides is 1. The molecule has 0 aromatic heterocycles. The van der Waals surface area contributed by atoms with Gasteiger partial charge in [-0.05, 0) is 18.2 Å².